The van der Waals surface area contributed by atoms with Crippen molar-refractivity contribution in [1.29, 1.82) is 0 Å². The third-order valence-electron chi connectivity index (χ3n) is 1.22. The van der Waals surface area contributed by atoms with Gasteiger partial charge in [-0.15, -0.1) is 0 Å². The number of allylic oxidation sites excluding steroid dienone is 6. The van der Waals surface area contributed by atoms with Crippen LogP contribution < -0.4 is 0 Å². The summed E-state index contributed by atoms with van der Waals surface area (Å²) in [5.41, 5.74) is 2.24. The molecule has 12 heavy (non-hydrogen) atoms. The first-order valence-electron chi connectivity index (χ1n) is 4.03. The molecule has 0 atom stereocenters. The van der Waals surface area contributed by atoms with E-state index in [0.29, 0.717) is 0 Å². The summed E-state index contributed by atoms with van der Waals surface area (Å²) < 4.78 is 0. The average Bonchev–Trinajstić information content (AvgIpc) is 1.84. The summed E-state index contributed by atoms with van der Waals surface area (Å²) in [7, 11) is 0. The van der Waals surface area contributed by atoms with Gasteiger partial charge in [0.15, 0.2) is 5.78 Å². The van der Waals surface area contributed by atoms with Crippen LogP contribution in [0.3, 0.4) is 0 Å². The Bertz CT molecular complexity index is 238. The van der Waals surface area contributed by atoms with Crippen molar-refractivity contribution in [2.45, 2.75) is 27.7 Å². The van der Waals surface area contributed by atoms with Crippen LogP contribution in [0.2, 0.25) is 0 Å². The number of carbonyl (C=O) groups excluding carboxylic acids is 1. The Kier molecular flexibility index (Phi) is 5.02. The lowest BCUT2D eigenvalue weighted by molar-refractivity contribution is -0.112. The second-order valence-corrected chi connectivity index (χ2v) is 3.10. The lowest BCUT2D eigenvalue weighted by Gasteiger charge is -1.87. The van der Waals surface area contributed by atoms with Crippen molar-refractivity contribution in [1.82, 2.24) is 0 Å². The summed E-state index contributed by atoms with van der Waals surface area (Å²) in [6, 6.07) is 0. The highest BCUT2D eigenvalue weighted by Crippen LogP contribution is 1.97. The molecule has 1 nitrogen and oxygen atoms in total. The molecule has 0 N–H and O–H groups in total. The molecule has 0 unspecified atom stereocenters. The van der Waals surface area contributed by atoms with Crippen molar-refractivity contribution in [2.75, 3.05) is 0 Å². The maximum atomic E-state index is 10.6. The molecule has 1 heteroatoms. The zero-order valence-electron chi connectivity index (χ0n) is 8.22. The van der Waals surface area contributed by atoms with Crippen molar-refractivity contribution in [3.8, 4) is 0 Å². The zero-order chi connectivity index (χ0) is 9.56. The molecule has 0 heterocycles. The Morgan fingerprint density at radius 3 is 2.08 bits per heavy atom. The standard InChI is InChI=1S/C11H16O/c1-9(2)6-5-7-10(3)8-11(4)12/h5-8H,1-4H3/b7-5+,10-8+. The van der Waals surface area contributed by atoms with Gasteiger partial charge in [-0.05, 0) is 39.3 Å². The third kappa shape index (κ3) is 7.00. The first-order valence-corrected chi connectivity index (χ1v) is 4.03. The molecule has 0 aliphatic carbocycles. The molecule has 0 saturated carbocycles. The highest BCUT2D eigenvalue weighted by Gasteiger charge is 1.84. The minimum absolute atomic E-state index is 0.0920. The molecule has 0 aromatic carbocycles. The quantitative estimate of drug-likeness (QED) is 0.463. The Hall–Kier alpha value is -1.11. The number of ketones is 1. The summed E-state index contributed by atoms with van der Waals surface area (Å²) in [4.78, 5) is 10.6. The van der Waals surface area contributed by atoms with E-state index in [9.17, 15) is 4.79 Å². The first kappa shape index (κ1) is 10.9. The van der Waals surface area contributed by atoms with E-state index < -0.39 is 0 Å². The largest absolute Gasteiger partial charge is 0.295 e. The van der Waals surface area contributed by atoms with E-state index in [-0.39, 0.29) is 5.78 Å². The Balaban J connectivity index is 4.18. The van der Waals surface area contributed by atoms with Gasteiger partial charge >= 0.3 is 0 Å². The minimum atomic E-state index is 0.0920. The van der Waals surface area contributed by atoms with Gasteiger partial charge in [0.2, 0.25) is 0 Å². The Morgan fingerprint density at radius 1 is 1.08 bits per heavy atom. The van der Waals surface area contributed by atoms with Gasteiger partial charge in [0.1, 0.15) is 0 Å². The monoisotopic (exact) mass is 164 g/mol. The number of hydrogen-bond donors (Lipinski definition) is 0. The van der Waals surface area contributed by atoms with E-state index in [4.69, 9.17) is 0 Å². The van der Waals surface area contributed by atoms with E-state index in [1.807, 2.05) is 39.0 Å². The van der Waals surface area contributed by atoms with Gasteiger partial charge in [-0.2, -0.15) is 0 Å². The van der Waals surface area contributed by atoms with E-state index >= 15 is 0 Å². The van der Waals surface area contributed by atoms with Crippen molar-refractivity contribution in [3.63, 3.8) is 0 Å². The van der Waals surface area contributed by atoms with E-state index in [1.165, 1.54) is 5.57 Å². The SMILES string of the molecule is CC(=O)/C=C(C)/C=C/C=C(C)C. The van der Waals surface area contributed by atoms with Crippen molar-refractivity contribution >= 4 is 5.78 Å². The fourth-order valence-corrected chi connectivity index (χ4v) is 0.761. The molecular formula is C11H16O. The van der Waals surface area contributed by atoms with Gasteiger partial charge in [-0.25, -0.2) is 0 Å². The van der Waals surface area contributed by atoms with Crippen LogP contribution in [0.1, 0.15) is 27.7 Å². The molecule has 0 radical (unpaired) electrons. The van der Waals surface area contributed by atoms with E-state index in [0.717, 1.165) is 5.57 Å². The fraction of sp³-hybridized carbons (Fsp3) is 0.364. The molecule has 0 aromatic rings. The second kappa shape index (κ2) is 5.53. The average molecular weight is 164 g/mol. The molecule has 66 valence electrons. The van der Waals surface area contributed by atoms with Crippen LogP contribution in [0.4, 0.5) is 0 Å². The van der Waals surface area contributed by atoms with Crippen LogP contribution in [-0.2, 0) is 4.79 Å². The zero-order valence-corrected chi connectivity index (χ0v) is 8.22. The second-order valence-electron chi connectivity index (χ2n) is 3.10. The van der Waals surface area contributed by atoms with E-state index in [2.05, 4.69) is 0 Å². The van der Waals surface area contributed by atoms with Crippen LogP contribution in [0, 0.1) is 0 Å². The summed E-state index contributed by atoms with van der Waals surface area (Å²) in [6.07, 6.45) is 7.51. The van der Waals surface area contributed by atoms with Crippen LogP contribution in [0.25, 0.3) is 0 Å². The molecule has 0 spiro atoms. The molecule has 0 bridgehead atoms. The molecule has 0 saturated heterocycles. The summed E-state index contributed by atoms with van der Waals surface area (Å²) >= 11 is 0. The highest BCUT2D eigenvalue weighted by atomic mass is 16.1. The molecule has 0 aliphatic heterocycles. The smallest absolute Gasteiger partial charge is 0.152 e. The lowest BCUT2D eigenvalue weighted by atomic mass is 10.2. The summed E-state index contributed by atoms with van der Waals surface area (Å²) in [5.74, 6) is 0.0920. The van der Waals surface area contributed by atoms with Crippen molar-refractivity contribution < 1.29 is 4.79 Å². The number of hydrogen-bond acceptors (Lipinski definition) is 1. The van der Waals surface area contributed by atoms with Crippen molar-refractivity contribution in [3.05, 3.63) is 35.5 Å². The van der Waals surface area contributed by atoms with Gasteiger partial charge in [0, 0.05) is 0 Å². The van der Waals surface area contributed by atoms with Gasteiger partial charge < -0.3 is 0 Å². The molecule has 0 amide bonds. The highest BCUT2D eigenvalue weighted by molar-refractivity contribution is 5.88. The van der Waals surface area contributed by atoms with Gasteiger partial charge in [-0.3, -0.25) is 4.79 Å². The molecule has 0 aromatic heterocycles. The van der Waals surface area contributed by atoms with Crippen LogP contribution in [0.5, 0.6) is 0 Å². The molecule has 0 fully saturated rings. The van der Waals surface area contributed by atoms with Gasteiger partial charge in [0.05, 0.1) is 0 Å². The molecular weight excluding hydrogens is 148 g/mol. The number of carbonyl (C=O) groups is 1. The van der Waals surface area contributed by atoms with Gasteiger partial charge in [-0.1, -0.05) is 23.8 Å². The van der Waals surface area contributed by atoms with E-state index in [1.54, 1.807) is 13.0 Å². The minimum Gasteiger partial charge on any atom is -0.295 e. The maximum absolute atomic E-state index is 10.6. The van der Waals surface area contributed by atoms with Crippen LogP contribution in [-0.4, -0.2) is 5.78 Å². The lowest BCUT2D eigenvalue weighted by Crippen LogP contribution is -1.82. The summed E-state index contributed by atoms with van der Waals surface area (Å²) in [5, 5.41) is 0. The normalized spacial score (nSPS) is 11.8. The van der Waals surface area contributed by atoms with Crippen LogP contribution >= 0.6 is 0 Å². The van der Waals surface area contributed by atoms with Gasteiger partial charge in [0.25, 0.3) is 0 Å². The Labute approximate surface area is 74.5 Å². The van der Waals surface area contributed by atoms with Crippen molar-refractivity contribution in [2.24, 2.45) is 0 Å². The summed E-state index contributed by atoms with van der Waals surface area (Å²) in [6.45, 7) is 7.54. The fourth-order valence-electron chi connectivity index (χ4n) is 0.761. The molecule has 0 aliphatic rings. The third-order valence-corrected chi connectivity index (χ3v) is 1.22. The number of rotatable bonds is 3. The maximum Gasteiger partial charge on any atom is 0.152 e. The predicted octanol–water partition coefficient (Wildman–Crippen LogP) is 3.04. The first-order chi connectivity index (χ1) is 5.52. The Morgan fingerprint density at radius 2 is 1.67 bits per heavy atom. The predicted molar refractivity (Wildman–Crippen MR) is 53.0 cm³/mol. The molecule has 0 rings (SSSR count). The topological polar surface area (TPSA) is 17.1 Å². The van der Waals surface area contributed by atoms with Crippen LogP contribution in [0.15, 0.2) is 35.5 Å².